The van der Waals surface area contributed by atoms with E-state index >= 15 is 0 Å². The number of nitro groups is 2. The molecule has 0 radical (unpaired) electrons. The lowest BCUT2D eigenvalue weighted by molar-refractivity contribution is -0.385. The van der Waals surface area contributed by atoms with Crippen LogP contribution in [0.1, 0.15) is 28.0 Å². The van der Waals surface area contributed by atoms with E-state index in [0.717, 1.165) is 6.20 Å². The molecule has 43 heavy (non-hydrogen) atoms. The molecule has 14 nitrogen and oxygen atoms in total. The highest BCUT2D eigenvalue weighted by molar-refractivity contribution is 6.01. The van der Waals surface area contributed by atoms with Crippen LogP contribution in [-0.4, -0.2) is 48.6 Å². The molecule has 1 atom stereocenters. The lowest BCUT2D eigenvalue weighted by Gasteiger charge is -2.24. The average Bonchev–Trinajstić information content (AvgIpc) is 3.50. The minimum atomic E-state index is -1.33. The summed E-state index contributed by atoms with van der Waals surface area (Å²) in [4.78, 5) is 51.4. The quantitative estimate of drug-likeness (QED) is 0.191. The number of hydrogen-bond acceptors (Lipinski definition) is 11. The van der Waals surface area contributed by atoms with Gasteiger partial charge < -0.3 is 10.4 Å². The third-order valence-electron chi connectivity index (χ3n) is 6.69. The van der Waals surface area contributed by atoms with Crippen molar-refractivity contribution in [3.63, 3.8) is 0 Å². The van der Waals surface area contributed by atoms with Gasteiger partial charge in [-0.05, 0) is 48.9 Å². The van der Waals surface area contributed by atoms with Crippen molar-refractivity contribution in [1.82, 2.24) is 15.0 Å². The predicted molar refractivity (Wildman–Crippen MR) is 155 cm³/mol. The van der Waals surface area contributed by atoms with E-state index in [1.165, 1.54) is 42.5 Å². The Morgan fingerprint density at radius 3 is 2.26 bits per heavy atom. The molecular formula is C29H20N8O6. The van der Waals surface area contributed by atoms with Crippen LogP contribution in [0.5, 0.6) is 0 Å². The molecule has 1 unspecified atom stereocenters. The number of nitro benzene ring substituents is 1. The molecule has 0 fully saturated rings. The van der Waals surface area contributed by atoms with Crippen LogP contribution >= 0.6 is 0 Å². The summed E-state index contributed by atoms with van der Waals surface area (Å²) in [5, 5.41) is 45.0. The van der Waals surface area contributed by atoms with Gasteiger partial charge in [-0.25, -0.2) is 14.8 Å². The first-order valence-corrected chi connectivity index (χ1v) is 12.7. The number of benzene rings is 2. The number of non-ortho nitro benzene ring substituents is 1. The Kier molecular flexibility index (Phi) is 7.62. The van der Waals surface area contributed by atoms with Gasteiger partial charge in [-0.2, -0.15) is 5.26 Å². The van der Waals surface area contributed by atoms with Crippen molar-refractivity contribution in [2.75, 3.05) is 11.9 Å². The highest BCUT2D eigenvalue weighted by Crippen LogP contribution is 2.35. The van der Waals surface area contributed by atoms with Crippen molar-refractivity contribution in [2.45, 2.75) is 12.0 Å². The van der Waals surface area contributed by atoms with Crippen LogP contribution in [-0.2, 0) is 5.54 Å². The standard InChI is InChI=1S/C29H20N8O6/c30-16-18-3-1-4-20(15-18)26-24(27(38)39)25(19-5-7-21(8-6-19)36(40)41)34-28(35-26)31-14-12-29(11-2-13-33-29)23-10-9-22(17-32-23)37(42)43/h1-11,13,15,17H,12,14H2,(H,38,39)(H,31,34,35). The summed E-state index contributed by atoms with van der Waals surface area (Å²) < 4.78 is 0. The Balaban J connectivity index is 1.54. The van der Waals surface area contributed by atoms with Crippen molar-refractivity contribution >= 4 is 29.5 Å². The fraction of sp³-hybridized carbons (Fsp3) is 0.103. The molecule has 0 aliphatic carbocycles. The van der Waals surface area contributed by atoms with Gasteiger partial charge in [0.05, 0.1) is 38.6 Å². The number of carboxylic acids is 1. The number of carbonyl (C=O) groups is 1. The number of nitrogens with zero attached hydrogens (tertiary/aromatic N) is 7. The zero-order chi connectivity index (χ0) is 30.6. The van der Waals surface area contributed by atoms with E-state index < -0.39 is 21.4 Å². The van der Waals surface area contributed by atoms with Crippen LogP contribution in [0.4, 0.5) is 17.3 Å². The number of anilines is 1. The second kappa shape index (κ2) is 11.6. The molecule has 0 spiro atoms. The molecule has 1 aliphatic rings. The highest BCUT2D eigenvalue weighted by atomic mass is 16.6. The summed E-state index contributed by atoms with van der Waals surface area (Å²) in [6.07, 6.45) is 6.67. The Morgan fingerprint density at radius 1 is 0.977 bits per heavy atom. The largest absolute Gasteiger partial charge is 0.478 e. The van der Waals surface area contributed by atoms with Gasteiger partial charge in [0.2, 0.25) is 5.95 Å². The third-order valence-corrected chi connectivity index (χ3v) is 6.69. The smallest absolute Gasteiger partial charge is 0.340 e. The van der Waals surface area contributed by atoms with Gasteiger partial charge in [-0.15, -0.1) is 0 Å². The number of aromatic nitrogens is 3. The van der Waals surface area contributed by atoms with E-state index in [4.69, 9.17) is 0 Å². The number of pyridine rings is 1. The Hall–Kier alpha value is -6.36. The van der Waals surface area contributed by atoms with Crippen LogP contribution < -0.4 is 5.32 Å². The maximum absolute atomic E-state index is 12.5. The number of aromatic carboxylic acids is 1. The van der Waals surface area contributed by atoms with Crippen molar-refractivity contribution in [1.29, 1.82) is 5.26 Å². The molecule has 2 aromatic heterocycles. The zero-order valence-corrected chi connectivity index (χ0v) is 22.1. The second-order valence-electron chi connectivity index (χ2n) is 9.32. The van der Waals surface area contributed by atoms with Gasteiger partial charge in [0.15, 0.2) is 0 Å². The van der Waals surface area contributed by atoms with Crippen molar-refractivity contribution in [3.05, 3.63) is 116 Å². The molecule has 1 aliphatic heterocycles. The molecule has 2 aromatic carbocycles. The van der Waals surface area contributed by atoms with Crippen LogP contribution in [0.2, 0.25) is 0 Å². The highest BCUT2D eigenvalue weighted by Gasteiger charge is 2.32. The van der Waals surface area contributed by atoms with E-state index in [2.05, 4.69) is 25.3 Å². The third kappa shape index (κ3) is 5.77. The number of rotatable bonds is 10. The monoisotopic (exact) mass is 576 g/mol. The van der Waals surface area contributed by atoms with E-state index in [0.29, 0.717) is 28.8 Å². The minimum Gasteiger partial charge on any atom is -0.478 e. The lowest BCUT2D eigenvalue weighted by atomic mass is 9.92. The van der Waals surface area contributed by atoms with E-state index in [1.54, 1.807) is 30.5 Å². The summed E-state index contributed by atoms with van der Waals surface area (Å²) in [7, 11) is 0. The normalized spacial score (nSPS) is 15.1. The summed E-state index contributed by atoms with van der Waals surface area (Å²) in [5.41, 5.74) is 0.0323. The maximum Gasteiger partial charge on any atom is 0.340 e. The predicted octanol–water partition coefficient (Wildman–Crippen LogP) is 4.93. The fourth-order valence-corrected chi connectivity index (χ4v) is 4.60. The van der Waals surface area contributed by atoms with E-state index in [9.17, 15) is 35.4 Å². The number of nitriles is 1. The first kappa shape index (κ1) is 28.2. The van der Waals surface area contributed by atoms with Gasteiger partial charge in [-0.1, -0.05) is 12.1 Å². The lowest BCUT2D eigenvalue weighted by Crippen LogP contribution is -2.25. The summed E-state index contributed by atoms with van der Waals surface area (Å²) in [5.74, 6) is -1.26. The average molecular weight is 577 g/mol. The molecule has 0 amide bonds. The van der Waals surface area contributed by atoms with Crippen LogP contribution in [0.25, 0.3) is 22.5 Å². The summed E-state index contributed by atoms with van der Waals surface area (Å²) in [6, 6.07) is 16.5. The number of aliphatic imine (C=N–C) groups is 1. The fourth-order valence-electron chi connectivity index (χ4n) is 4.60. The molecule has 0 bridgehead atoms. The topological polar surface area (TPSA) is 210 Å². The van der Waals surface area contributed by atoms with E-state index in [-0.39, 0.29) is 40.8 Å². The second-order valence-corrected chi connectivity index (χ2v) is 9.32. The molecule has 2 N–H and O–H groups in total. The van der Waals surface area contributed by atoms with Crippen LogP contribution in [0.3, 0.4) is 0 Å². The maximum atomic E-state index is 12.5. The molecule has 5 rings (SSSR count). The van der Waals surface area contributed by atoms with Crippen molar-refractivity contribution < 1.29 is 19.7 Å². The first-order valence-electron chi connectivity index (χ1n) is 12.7. The van der Waals surface area contributed by atoms with Crippen LogP contribution in [0, 0.1) is 31.6 Å². The Bertz CT molecular complexity index is 1830. The molecular weight excluding hydrogens is 556 g/mol. The molecule has 212 valence electrons. The molecule has 4 aromatic rings. The number of carboxylic acid groups (broad SMARTS) is 1. The number of nitrogens with one attached hydrogen (secondary N) is 1. The molecule has 0 saturated carbocycles. The summed E-state index contributed by atoms with van der Waals surface area (Å²) >= 11 is 0. The van der Waals surface area contributed by atoms with E-state index in [1.807, 2.05) is 12.1 Å². The van der Waals surface area contributed by atoms with Gasteiger partial charge in [0, 0.05) is 42.1 Å². The minimum absolute atomic E-state index is 0.0165. The number of allylic oxidation sites excluding steroid dienone is 1. The molecule has 0 saturated heterocycles. The van der Waals surface area contributed by atoms with Gasteiger partial charge in [0.1, 0.15) is 17.3 Å². The first-order chi connectivity index (χ1) is 20.7. The molecule has 14 heteroatoms. The van der Waals surface area contributed by atoms with Crippen molar-refractivity contribution in [3.8, 4) is 28.6 Å². The number of hydrogen-bond donors (Lipinski definition) is 2. The van der Waals surface area contributed by atoms with Gasteiger partial charge in [-0.3, -0.25) is 30.2 Å². The van der Waals surface area contributed by atoms with Gasteiger partial charge >= 0.3 is 5.97 Å². The summed E-state index contributed by atoms with van der Waals surface area (Å²) in [6.45, 7) is 0.226. The van der Waals surface area contributed by atoms with Crippen LogP contribution in [0.15, 0.2) is 84.0 Å². The Labute approximate surface area is 243 Å². The molecule has 3 heterocycles. The zero-order valence-electron chi connectivity index (χ0n) is 22.1. The van der Waals surface area contributed by atoms with Crippen molar-refractivity contribution in [2.24, 2.45) is 4.99 Å². The Morgan fingerprint density at radius 2 is 1.67 bits per heavy atom. The SMILES string of the molecule is N#Cc1cccc(-c2nc(NCCC3(c4ccc([N+](=O)[O-])cn4)C=CC=N3)nc(-c3ccc([N+](=O)[O-])cc3)c2C(=O)O)c1. The van der Waals surface area contributed by atoms with Gasteiger partial charge in [0.25, 0.3) is 11.4 Å².